The Hall–Kier alpha value is -1.98. The zero-order valence-electron chi connectivity index (χ0n) is 19.8. The summed E-state index contributed by atoms with van der Waals surface area (Å²) < 4.78 is 5.47. The fraction of sp³-hybridized carbons (Fsp3) is 0.464. The molecule has 0 bridgehead atoms. The van der Waals surface area contributed by atoms with E-state index in [1.807, 2.05) is 18.2 Å². The van der Waals surface area contributed by atoms with E-state index < -0.39 is 0 Å². The number of nitrogens with zero attached hydrogens (tertiary/aromatic N) is 2. The molecule has 33 heavy (non-hydrogen) atoms. The van der Waals surface area contributed by atoms with E-state index in [0.29, 0.717) is 0 Å². The molecule has 1 aliphatic heterocycles. The lowest BCUT2D eigenvalue weighted by atomic mass is 9.95. The Kier molecular flexibility index (Phi) is 8.37. The number of ether oxygens (including phenoxy) is 1. The van der Waals surface area contributed by atoms with E-state index in [2.05, 4.69) is 53.1 Å². The van der Waals surface area contributed by atoms with Crippen LogP contribution in [0, 0.1) is 0 Å². The molecular formula is C28H35ClN2O2. The Labute approximate surface area is 202 Å². The van der Waals surface area contributed by atoms with E-state index >= 15 is 0 Å². The summed E-state index contributed by atoms with van der Waals surface area (Å²) >= 11 is 6.54. The Morgan fingerprint density at radius 2 is 1.88 bits per heavy atom. The van der Waals surface area contributed by atoms with Crippen molar-refractivity contribution in [3.63, 3.8) is 0 Å². The van der Waals surface area contributed by atoms with Crippen molar-refractivity contribution < 1.29 is 9.53 Å². The maximum absolute atomic E-state index is 13.7. The highest BCUT2D eigenvalue weighted by Crippen LogP contribution is 2.20. The van der Waals surface area contributed by atoms with E-state index in [1.165, 1.54) is 5.56 Å². The van der Waals surface area contributed by atoms with Crippen LogP contribution in [0.1, 0.15) is 48.5 Å². The van der Waals surface area contributed by atoms with Gasteiger partial charge in [0.1, 0.15) is 0 Å². The minimum atomic E-state index is -0.0924. The number of fused-ring (bicyclic) bond motifs is 1. The van der Waals surface area contributed by atoms with Crippen LogP contribution in [0.3, 0.4) is 0 Å². The first-order valence-electron chi connectivity index (χ1n) is 12.2. The molecule has 2 atom stereocenters. The summed E-state index contributed by atoms with van der Waals surface area (Å²) in [6.45, 7) is 7.01. The molecule has 2 aromatic carbocycles. The van der Waals surface area contributed by atoms with Crippen LogP contribution >= 0.6 is 11.6 Å². The van der Waals surface area contributed by atoms with Gasteiger partial charge < -0.3 is 4.74 Å². The molecule has 4 rings (SSSR count). The monoisotopic (exact) mass is 466 g/mol. The second-order valence-electron chi connectivity index (χ2n) is 9.13. The lowest BCUT2D eigenvalue weighted by Crippen LogP contribution is -2.52. The Morgan fingerprint density at radius 1 is 1.12 bits per heavy atom. The first kappa shape index (κ1) is 24.2. The summed E-state index contributed by atoms with van der Waals surface area (Å²) in [6, 6.07) is 16.5. The number of unbranched alkanes of at least 4 members (excludes halogenated alkanes) is 1. The topological polar surface area (TPSA) is 32.8 Å². The summed E-state index contributed by atoms with van der Waals surface area (Å²) in [5.41, 5.74) is 2.14. The molecule has 0 aromatic heterocycles. The van der Waals surface area contributed by atoms with Gasteiger partial charge in [-0.05, 0) is 34.9 Å². The molecule has 0 saturated carbocycles. The largest absolute Gasteiger partial charge is 0.375 e. The van der Waals surface area contributed by atoms with Crippen molar-refractivity contribution in [3.8, 4) is 0 Å². The van der Waals surface area contributed by atoms with Gasteiger partial charge in [0.05, 0.1) is 17.2 Å². The average Bonchev–Trinajstić information content (AvgIpc) is 2.86. The number of carbonyl (C=O) groups is 1. The first-order valence-corrected chi connectivity index (χ1v) is 12.6. The van der Waals surface area contributed by atoms with Gasteiger partial charge >= 0.3 is 0 Å². The number of hydrogen-bond donors (Lipinski definition) is 0. The van der Waals surface area contributed by atoms with Crippen LogP contribution in [-0.2, 0) is 11.3 Å². The quantitative estimate of drug-likeness (QED) is 0.526. The summed E-state index contributed by atoms with van der Waals surface area (Å²) in [5, 5.41) is 2.75. The number of benzene rings is 2. The molecule has 0 N–H and O–H groups in total. The molecule has 0 spiro atoms. The van der Waals surface area contributed by atoms with Gasteiger partial charge in [-0.25, -0.2) is 0 Å². The molecule has 0 radical (unpaired) electrons. The van der Waals surface area contributed by atoms with Crippen LogP contribution in [0.15, 0.2) is 48.5 Å². The summed E-state index contributed by atoms with van der Waals surface area (Å²) in [5.74, 6) is 0.237. The van der Waals surface area contributed by atoms with Gasteiger partial charge in [-0.1, -0.05) is 79.9 Å². The molecule has 1 heterocycles. The third-order valence-electron chi connectivity index (χ3n) is 6.94. The third-order valence-corrected chi connectivity index (χ3v) is 7.39. The maximum atomic E-state index is 13.7. The van der Waals surface area contributed by atoms with Crippen molar-refractivity contribution >= 4 is 28.5 Å². The van der Waals surface area contributed by atoms with Crippen LogP contribution in [-0.4, -0.2) is 61.0 Å². The van der Waals surface area contributed by atoms with Crippen molar-refractivity contribution in [3.05, 3.63) is 70.1 Å². The second-order valence-corrected chi connectivity index (χ2v) is 9.54. The SMILES string of the molecule is CCCCC(C(=O)c1ccc2c(c1)=CCC(OC)C=2Cl)N1CCN(Cc2ccccc2)CC1. The van der Waals surface area contributed by atoms with Gasteiger partial charge in [0, 0.05) is 45.4 Å². The summed E-state index contributed by atoms with van der Waals surface area (Å²) in [7, 11) is 1.68. The fourth-order valence-corrected chi connectivity index (χ4v) is 5.31. The molecule has 0 amide bonds. The van der Waals surface area contributed by atoms with Crippen molar-refractivity contribution in [1.29, 1.82) is 0 Å². The standard InChI is InChI=1S/C28H35ClN2O2/c1-3-4-10-25(31-17-15-30(16-18-31)20-21-8-6-5-7-9-21)28(32)23-11-13-24-22(19-23)12-14-26(33-2)27(24)29/h5-9,11-13,19,25-26H,3-4,10,14-18,20H2,1-2H3. The van der Waals surface area contributed by atoms with Crippen LogP contribution in [0.25, 0.3) is 11.1 Å². The highest BCUT2D eigenvalue weighted by Gasteiger charge is 2.29. The number of piperazine rings is 1. The minimum absolute atomic E-state index is 0.0587. The molecule has 1 fully saturated rings. The molecule has 176 valence electrons. The van der Waals surface area contributed by atoms with Crippen molar-refractivity contribution in [2.45, 2.75) is 51.3 Å². The van der Waals surface area contributed by atoms with Gasteiger partial charge in [-0.15, -0.1) is 0 Å². The number of Topliss-reactive ketones (excluding diaryl/α,β-unsaturated/α-hetero) is 1. The smallest absolute Gasteiger partial charge is 0.179 e. The van der Waals surface area contributed by atoms with Gasteiger partial charge in [0.25, 0.3) is 0 Å². The number of ketones is 1. The highest BCUT2D eigenvalue weighted by atomic mass is 35.5. The molecular weight excluding hydrogens is 432 g/mol. The summed E-state index contributed by atoms with van der Waals surface area (Å²) in [6.07, 6.45) is 5.85. The van der Waals surface area contributed by atoms with Crippen LogP contribution < -0.4 is 10.4 Å². The predicted octanol–water partition coefficient (Wildman–Crippen LogP) is 3.79. The molecule has 5 heteroatoms. The van der Waals surface area contributed by atoms with Gasteiger partial charge in [-0.2, -0.15) is 0 Å². The lowest BCUT2D eigenvalue weighted by molar-refractivity contribution is 0.0628. The summed E-state index contributed by atoms with van der Waals surface area (Å²) in [4.78, 5) is 18.6. The third kappa shape index (κ3) is 5.75. The number of carbonyl (C=O) groups excluding carboxylic acids is 1. The van der Waals surface area contributed by atoms with Crippen molar-refractivity contribution in [1.82, 2.24) is 9.80 Å². The highest BCUT2D eigenvalue weighted by molar-refractivity contribution is 6.46. The van der Waals surface area contributed by atoms with E-state index in [9.17, 15) is 4.79 Å². The van der Waals surface area contributed by atoms with Crippen LogP contribution in [0.5, 0.6) is 0 Å². The van der Waals surface area contributed by atoms with E-state index in [0.717, 1.165) is 79.4 Å². The number of methoxy groups -OCH3 is 1. The normalized spacial score (nSPS) is 20.2. The Bertz CT molecular complexity index is 1060. The number of hydrogen-bond acceptors (Lipinski definition) is 4. The van der Waals surface area contributed by atoms with Crippen molar-refractivity contribution in [2.24, 2.45) is 0 Å². The van der Waals surface area contributed by atoms with E-state index in [4.69, 9.17) is 16.3 Å². The van der Waals surface area contributed by atoms with Gasteiger partial charge in [0.2, 0.25) is 0 Å². The minimum Gasteiger partial charge on any atom is -0.375 e. The van der Waals surface area contributed by atoms with Gasteiger partial charge in [0.15, 0.2) is 5.78 Å². The predicted molar refractivity (Wildman–Crippen MR) is 136 cm³/mol. The first-order chi connectivity index (χ1) is 16.1. The second kappa shape index (κ2) is 11.4. The van der Waals surface area contributed by atoms with Crippen LogP contribution in [0.2, 0.25) is 0 Å². The Balaban J connectivity index is 1.48. The molecule has 1 aliphatic carbocycles. The van der Waals surface area contributed by atoms with Gasteiger partial charge in [-0.3, -0.25) is 14.6 Å². The molecule has 4 nitrogen and oxygen atoms in total. The zero-order valence-corrected chi connectivity index (χ0v) is 20.6. The van der Waals surface area contributed by atoms with Crippen LogP contribution in [0.4, 0.5) is 0 Å². The maximum Gasteiger partial charge on any atom is 0.179 e. The number of halogens is 1. The van der Waals surface area contributed by atoms with Crippen molar-refractivity contribution in [2.75, 3.05) is 33.3 Å². The fourth-order valence-electron chi connectivity index (χ4n) is 4.96. The van der Waals surface area contributed by atoms with E-state index in [-0.39, 0.29) is 17.9 Å². The van der Waals surface area contributed by atoms with E-state index in [1.54, 1.807) is 7.11 Å². The molecule has 2 aromatic rings. The Morgan fingerprint density at radius 3 is 2.58 bits per heavy atom. The average molecular weight is 467 g/mol. The number of rotatable bonds is 9. The zero-order chi connectivity index (χ0) is 23.2. The molecule has 1 saturated heterocycles. The molecule has 2 aliphatic rings. The molecule has 2 unspecified atom stereocenters. The lowest BCUT2D eigenvalue weighted by Gasteiger charge is -2.39.